The Balaban J connectivity index is 1.45. The van der Waals surface area contributed by atoms with Crippen molar-refractivity contribution < 1.29 is 18.7 Å². The zero-order valence-electron chi connectivity index (χ0n) is 17.9. The molecule has 1 aromatic carbocycles. The molecule has 0 atom stereocenters. The molecule has 1 fully saturated rings. The molecule has 162 valence electrons. The van der Waals surface area contributed by atoms with E-state index < -0.39 is 5.60 Å². The number of carbonyl (C=O) groups is 1. The van der Waals surface area contributed by atoms with Gasteiger partial charge >= 0.3 is 6.09 Å². The molecule has 1 N–H and O–H groups in total. The standard InChI is InChI=1S/C22H29FN4O3/c1-15-5-6-19(18(23)11-15)25-12-16-13-26-20(14-24-16)29-17-7-9-27(10-8-17)21(28)30-22(2,3)4/h5-6,11,13-14,17,25H,7-10,12H2,1-4H3. The summed E-state index contributed by atoms with van der Waals surface area (Å²) in [4.78, 5) is 22.5. The van der Waals surface area contributed by atoms with Gasteiger partial charge in [0, 0.05) is 25.9 Å². The van der Waals surface area contributed by atoms with Crippen LogP contribution in [0.15, 0.2) is 30.6 Å². The van der Waals surface area contributed by atoms with Crippen molar-refractivity contribution in [1.82, 2.24) is 14.9 Å². The van der Waals surface area contributed by atoms with Gasteiger partial charge in [-0.05, 0) is 45.4 Å². The molecule has 0 aliphatic carbocycles. The van der Waals surface area contributed by atoms with E-state index in [4.69, 9.17) is 9.47 Å². The Labute approximate surface area is 176 Å². The minimum absolute atomic E-state index is 0.0244. The summed E-state index contributed by atoms with van der Waals surface area (Å²) in [6.07, 6.45) is 4.28. The number of halogens is 1. The van der Waals surface area contributed by atoms with Crippen LogP contribution < -0.4 is 10.1 Å². The Kier molecular flexibility index (Phi) is 6.74. The third kappa shape index (κ3) is 6.30. The van der Waals surface area contributed by atoms with Gasteiger partial charge < -0.3 is 19.7 Å². The molecular formula is C22H29FN4O3. The van der Waals surface area contributed by atoms with E-state index in [1.54, 1.807) is 23.4 Å². The summed E-state index contributed by atoms with van der Waals surface area (Å²) in [5, 5.41) is 3.02. The lowest BCUT2D eigenvalue weighted by molar-refractivity contribution is 0.0122. The normalized spacial score (nSPS) is 15.0. The van der Waals surface area contributed by atoms with E-state index in [1.165, 1.54) is 6.07 Å². The van der Waals surface area contributed by atoms with Crippen LogP contribution in [0.25, 0.3) is 0 Å². The molecule has 7 nitrogen and oxygen atoms in total. The number of aryl methyl sites for hydroxylation is 1. The largest absolute Gasteiger partial charge is 0.473 e. The van der Waals surface area contributed by atoms with Crippen LogP contribution in [0.1, 0.15) is 44.9 Å². The van der Waals surface area contributed by atoms with Crippen molar-refractivity contribution in [3.05, 3.63) is 47.7 Å². The number of amides is 1. The number of piperidine rings is 1. The van der Waals surface area contributed by atoms with E-state index in [9.17, 15) is 9.18 Å². The number of aromatic nitrogens is 2. The summed E-state index contributed by atoms with van der Waals surface area (Å²) >= 11 is 0. The van der Waals surface area contributed by atoms with Crippen molar-refractivity contribution in [3.8, 4) is 5.88 Å². The molecule has 0 saturated carbocycles. The fourth-order valence-corrected chi connectivity index (χ4v) is 3.10. The maximum atomic E-state index is 13.9. The highest BCUT2D eigenvalue weighted by Crippen LogP contribution is 2.20. The number of nitrogens with zero attached hydrogens (tertiary/aromatic N) is 3. The second-order valence-electron chi connectivity index (χ2n) is 8.47. The summed E-state index contributed by atoms with van der Waals surface area (Å²) in [5.74, 6) is 0.150. The molecule has 1 aliphatic heterocycles. The molecule has 1 aliphatic rings. The van der Waals surface area contributed by atoms with Crippen molar-refractivity contribution in [1.29, 1.82) is 0 Å². The van der Waals surface area contributed by atoms with E-state index >= 15 is 0 Å². The molecule has 0 spiro atoms. The molecule has 1 saturated heterocycles. The molecular weight excluding hydrogens is 387 g/mol. The van der Waals surface area contributed by atoms with Crippen LogP contribution in [0.3, 0.4) is 0 Å². The molecule has 2 heterocycles. The van der Waals surface area contributed by atoms with Crippen LogP contribution >= 0.6 is 0 Å². The lowest BCUT2D eigenvalue weighted by atomic mass is 10.1. The third-order valence-corrected chi connectivity index (χ3v) is 4.65. The third-order valence-electron chi connectivity index (χ3n) is 4.65. The quantitative estimate of drug-likeness (QED) is 0.783. The van der Waals surface area contributed by atoms with Crippen molar-refractivity contribution in [2.24, 2.45) is 0 Å². The summed E-state index contributed by atoms with van der Waals surface area (Å²) in [6, 6.07) is 5.04. The van der Waals surface area contributed by atoms with Crippen LogP contribution in [0.4, 0.5) is 14.9 Å². The number of hydrogen-bond acceptors (Lipinski definition) is 6. The van der Waals surface area contributed by atoms with Crippen LogP contribution in [0.2, 0.25) is 0 Å². The molecule has 3 rings (SSSR count). The highest BCUT2D eigenvalue weighted by Gasteiger charge is 2.27. The first-order valence-corrected chi connectivity index (χ1v) is 10.1. The number of likely N-dealkylation sites (tertiary alicyclic amines) is 1. The molecule has 0 bridgehead atoms. The molecule has 0 unspecified atom stereocenters. The average molecular weight is 416 g/mol. The highest BCUT2D eigenvalue weighted by molar-refractivity contribution is 5.68. The molecule has 8 heteroatoms. The Morgan fingerprint density at radius 2 is 1.97 bits per heavy atom. The second kappa shape index (κ2) is 9.28. The lowest BCUT2D eigenvalue weighted by Crippen LogP contribution is -2.44. The number of benzene rings is 1. The Morgan fingerprint density at radius 1 is 1.23 bits per heavy atom. The van der Waals surface area contributed by atoms with Gasteiger partial charge in [-0.1, -0.05) is 6.07 Å². The van der Waals surface area contributed by atoms with Crippen LogP contribution in [0.5, 0.6) is 5.88 Å². The number of rotatable bonds is 5. The van der Waals surface area contributed by atoms with E-state index in [0.717, 1.165) is 5.56 Å². The van der Waals surface area contributed by atoms with Gasteiger partial charge in [-0.15, -0.1) is 0 Å². The van der Waals surface area contributed by atoms with Crippen molar-refractivity contribution in [2.45, 2.75) is 58.8 Å². The van der Waals surface area contributed by atoms with Gasteiger partial charge in [0.25, 0.3) is 0 Å². The molecule has 0 radical (unpaired) electrons. The van der Waals surface area contributed by atoms with Gasteiger partial charge in [0.2, 0.25) is 5.88 Å². The zero-order chi connectivity index (χ0) is 21.7. The smallest absolute Gasteiger partial charge is 0.410 e. The fourth-order valence-electron chi connectivity index (χ4n) is 3.10. The Bertz CT molecular complexity index is 860. The average Bonchev–Trinajstić information content (AvgIpc) is 2.68. The van der Waals surface area contributed by atoms with Crippen molar-refractivity contribution >= 4 is 11.8 Å². The van der Waals surface area contributed by atoms with Gasteiger partial charge in [-0.25, -0.2) is 14.2 Å². The van der Waals surface area contributed by atoms with Gasteiger partial charge in [-0.2, -0.15) is 0 Å². The minimum Gasteiger partial charge on any atom is -0.473 e. The van der Waals surface area contributed by atoms with Gasteiger partial charge in [0.1, 0.15) is 17.5 Å². The lowest BCUT2D eigenvalue weighted by Gasteiger charge is -2.33. The predicted molar refractivity (Wildman–Crippen MR) is 112 cm³/mol. The first kappa shape index (κ1) is 21.8. The number of hydrogen-bond donors (Lipinski definition) is 1. The minimum atomic E-state index is -0.498. The van der Waals surface area contributed by atoms with E-state index in [-0.39, 0.29) is 18.0 Å². The number of ether oxygens (including phenoxy) is 2. The molecule has 1 aromatic heterocycles. The molecule has 30 heavy (non-hydrogen) atoms. The molecule has 2 aromatic rings. The molecule has 1 amide bonds. The predicted octanol–water partition coefficient (Wildman–Crippen LogP) is 4.31. The Morgan fingerprint density at radius 3 is 2.57 bits per heavy atom. The number of nitrogens with one attached hydrogen (secondary N) is 1. The van der Waals surface area contributed by atoms with Crippen molar-refractivity contribution in [3.63, 3.8) is 0 Å². The van der Waals surface area contributed by atoms with E-state index in [1.807, 2.05) is 33.8 Å². The van der Waals surface area contributed by atoms with Gasteiger partial charge in [0.05, 0.1) is 30.3 Å². The second-order valence-corrected chi connectivity index (χ2v) is 8.47. The number of anilines is 1. The first-order valence-electron chi connectivity index (χ1n) is 10.1. The zero-order valence-corrected chi connectivity index (χ0v) is 17.9. The summed E-state index contributed by atoms with van der Waals surface area (Å²) < 4.78 is 25.2. The number of carbonyl (C=O) groups excluding carboxylic acids is 1. The topological polar surface area (TPSA) is 76.6 Å². The summed E-state index contributed by atoms with van der Waals surface area (Å²) in [6.45, 7) is 8.94. The highest BCUT2D eigenvalue weighted by atomic mass is 19.1. The van der Waals surface area contributed by atoms with Crippen LogP contribution in [-0.2, 0) is 11.3 Å². The SMILES string of the molecule is Cc1ccc(NCc2cnc(OC3CCN(C(=O)OC(C)(C)C)CC3)cn2)c(F)c1. The van der Waals surface area contributed by atoms with E-state index in [0.29, 0.717) is 49.7 Å². The maximum Gasteiger partial charge on any atom is 0.410 e. The van der Waals surface area contributed by atoms with Gasteiger partial charge in [-0.3, -0.25) is 4.98 Å². The van der Waals surface area contributed by atoms with E-state index in [2.05, 4.69) is 15.3 Å². The first-order chi connectivity index (χ1) is 14.2. The van der Waals surface area contributed by atoms with Crippen LogP contribution in [0, 0.1) is 12.7 Å². The monoisotopic (exact) mass is 416 g/mol. The fraction of sp³-hybridized carbons (Fsp3) is 0.500. The van der Waals surface area contributed by atoms with Crippen molar-refractivity contribution in [2.75, 3.05) is 18.4 Å². The summed E-state index contributed by atoms with van der Waals surface area (Å²) in [7, 11) is 0. The van der Waals surface area contributed by atoms with Gasteiger partial charge in [0.15, 0.2) is 0 Å². The summed E-state index contributed by atoms with van der Waals surface area (Å²) in [5.41, 5.74) is 1.49. The van der Waals surface area contributed by atoms with Crippen LogP contribution in [-0.4, -0.2) is 45.8 Å². The maximum absolute atomic E-state index is 13.9. The Hall–Kier alpha value is -2.90.